The second-order valence-electron chi connectivity index (χ2n) is 5.97. The molecule has 1 aliphatic rings. The number of aromatic carboxylic acids is 1. The van der Waals surface area contributed by atoms with E-state index in [4.69, 9.17) is 5.11 Å². The zero-order chi connectivity index (χ0) is 14.7. The Morgan fingerprint density at radius 3 is 2.30 bits per heavy atom. The van der Waals surface area contributed by atoms with Gasteiger partial charge in [0.1, 0.15) is 0 Å². The Kier molecular flexibility index (Phi) is 4.42. The molecule has 1 fully saturated rings. The van der Waals surface area contributed by atoms with Crippen molar-refractivity contribution in [3.63, 3.8) is 0 Å². The monoisotopic (exact) mass is 275 g/mol. The van der Waals surface area contributed by atoms with Crippen molar-refractivity contribution in [3.8, 4) is 0 Å². The minimum atomic E-state index is -1.01. The van der Waals surface area contributed by atoms with Gasteiger partial charge in [-0.1, -0.05) is 19.9 Å². The molecule has 4 heteroatoms. The fourth-order valence-electron chi connectivity index (χ4n) is 3.13. The van der Waals surface area contributed by atoms with E-state index < -0.39 is 5.97 Å². The molecule has 0 aromatic heterocycles. The first-order valence-electron chi connectivity index (χ1n) is 7.10. The molecule has 2 rings (SSSR count). The molecule has 2 N–H and O–H groups in total. The Labute approximate surface area is 119 Å². The number of amides is 1. The minimum Gasteiger partial charge on any atom is -0.478 e. The lowest BCUT2D eigenvalue weighted by Crippen LogP contribution is -2.40. The van der Waals surface area contributed by atoms with Gasteiger partial charge in [-0.15, -0.1) is 0 Å². The van der Waals surface area contributed by atoms with Crippen molar-refractivity contribution < 1.29 is 14.7 Å². The molecule has 1 saturated carbocycles. The molecule has 1 amide bonds. The summed E-state index contributed by atoms with van der Waals surface area (Å²) in [6, 6.07) is 6.36. The molecular formula is C16H21NO3. The third-order valence-corrected chi connectivity index (χ3v) is 3.89. The quantitative estimate of drug-likeness (QED) is 0.891. The predicted molar refractivity (Wildman–Crippen MR) is 76.8 cm³/mol. The van der Waals surface area contributed by atoms with E-state index in [1.54, 1.807) is 12.1 Å². The zero-order valence-corrected chi connectivity index (χ0v) is 11.9. The first-order chi connectivity index (χ1) is 9.45. The van der Waals surface area contributed by atoms with Crippen LogP contribution in [-0.4, -0.2) is 23.0 Å². The highest BCUT2D eigenvalue weighted by Gasteiger charge is 2.25. The molecule has 0 heterocycles. The standard InChI is InChI=1S/C16H21NO3/c1-10-6-11(2)8-14(7-10)17-15(18)12-4-3-5-13(9-12)16(19)20/h3-5,9-11,14H,6-8H2,1-2H3,(H,17,18)(H,19,20). The van der Waals surface area contributed by atoms with E-state index in [2.05, 4.69) is 19.2 Å². The fraction of sp³-hybridized carbons (Fsp3) is 0.500. The van der Waals surface area contributed by atoms with Gasteiger partial charge in [0.05, 0.1) is 5.56 Å². The van der Waals surface area contributed by atoms with Crippen molar-refractivity contribution in [2.24, 2.45) is 11.8 Å². The molecule has 0 saturated heterocycles. The van der Waals surface area contributed by atoms with Crippen LogP contribution in [0.25, 0.3) is 0 Å². The Bertz CT molecular complexity index is 502. The van der Waals surface area contributed by atoms with Crippen LogP contribution >= 0.6 is 0 Å². The van der Waals surface area contributed by atoms with Gasteiger partial charge in [-0.3, -0.25) is 4.79 Å². The summed E-state index contributed by atoms with van der Waals surface area (Å²) in [6.45, 7) is 4.42. The topological polar surface area (TPSA) is 66.4 Å². The van der Waals surface area contributed by atoms with Crippen LogP contribution in [0.3, 0.4) is 0 Å². The Balaban J connectivity index is 2.04. The van der Waals surface area contributed by atoms with Gasteiger partial charge < -0.3 is 10.4 Å². The third-order valence-electron chi connectivity index (χ3n) is 3.89. The summed E-state index contributed by atoms with van der Waals surface area (Å²) < 4.78 is 0. The number of carbonyl (C=O) groups is 2. The molecule has 0 radical (unpaired) electrons. The van der Waals surface area contributed by atoms with Crippen LogP contribution in [0.4, 0.5) is 0 Å². The average molecular weight is 275 g/mol. The molecule has 0 aliphatic heterocycles. The second kappa shape index (κ2) is 6.07. The lowest BCUT2D eigenvalue weighted by atomic mass is 9.80. The van der Waals surface area contributed by atoms with Crippen LogP contribution in [0.15, 0.2) is 24.3 Å². The van der Waals surface area contributed by atoms with Gasteiger partial charge in [0.2, 0.25) is 0 Å². The lowest BCUT2D eigenvalue weighted by Gasteiger charge is -2.32. The summed E-state index contributed by atoms with van der Waals surface area (Å²) >= 11 is 0. The minimum absolute atomic E-state index is 0.142. The van der Waals surface area contributed by atoms with Crippen LogP contribution in [0.1, 0.15) is 53.8 Å². The lowest BCUT2D eigenvalue weighted by molar-refractivity contribution is 0.0697. The van der Waals surface area contributed by atoms with Crippen molar-refractivity contribution in [1.29, 1.82) is 0 Å². The molecule has 108 valence electrons. The Hall–Kier alpha value is -1.84. The van der Waals surface area contributed by atoms with E-state index in [0.29, 0.717) is 17.4 Å². The maximum atomic E-state index is 12.2. The molecule has 2 atom stereocenters. The van der Waals surface area contributed by atoms with E-state index in [1.807, 2.05) is 0 Å². The highest BCUT2D eigenvalue weighted by molar-refractivity contribution is 5.97. The molecule has 1 aromatic carbocycles. The number of rotatable bonds is 3. The first kappa shape index (κ1) is 14.6. The summed E-state index contributed by atoms with van der Waals surface area (Å²) in [5.74, 6) is 0.0442. The number of carboxylic acid groups (broad SMARTS) is 1. The van der Waals surface area contributed by atoms with Crippen LogP contribution < -0.4 is 5.32 Å². The highest BCUT2D eigenvalue weighted by Crippen LogP contribution is 2.28. The normalized spacial score (nSPS) is 26.0. The number of nitrogens with one attached hydrogen (secondary N) is 1. The fourth-order valence-corrected chi connectivity index (χ4v) is 3.13. The van der Waals surface area contributed by atoms with Gasteiger partial charge in [-0.05, 0) is 49.3 Å². The second-order valence-corrected chi connectivity index (χ2v) is 5.97. The molecule has 2 unspecified atom stereocenters. The number of carboxylic acids is 1. The van der Waals surface area contributed by atoms with Gasteiger partial charge in [-0.2, -0.15) is 0 Å². The molecule has 1 aromatic rings. The van der Waals surface area contributed by atoms with Crippen LogP contribution in [0.5, 0.6) is 0 Å². The van der Waals surface area contributed by atoms with Crippen LogP contribution in [0.2, 0.25) is 0 Å². The Morgan fingerprint density at radius 1 is 1.10 bits per heavy atom. The van der Waals surface area contributed by atoms with Gasteiger partial charge in [-0.25, -0.2) is 4.79 Å². The smallest absolute Gasteiger partial charge is 0.335 e. The largest absolute Gasteiger partial charge is 0.478 e. The van der Waals surface area contributed by atoms with E-state index in [1.165, 1.54) is 18.6 Å². The van der Waals surface area contributed by atoms with Crippen LogP contribution in [-0.2, 0) is 0 Å². The van der Waals surface area contributed by atoms with E-state index >= 15 is 0 Å². The summed E-state index contributed by atoms with van der Waals surface area (Å²) in [5.41, 5.74) is 0.554. The highest BCUT2D eigenvalue weighted by atomic mass is 16.4. The van der Waals surface area contributed by atoms with Gasteiger partial charge in [0, 0.05) is 11.6 Å². The van der Waals surface area contributed by atoms with Crippen LogP contribution in [0, 0.1) is 11.8 Å². The number of carbonyl (C=O) groups excluding carboxylic acids is 1. The molecule has 0 spiro atoms. The Morgan fingerprint density at radius 2 is 1.70 bits per heavy atom. The predicted octanol–water partition coefficient (Wildman–Crippen LogP) is 2.94. The zero-order valence-electron chi connectivity index (χ0n) is 11.9. The summed E-state index contributed by atoms with van der Waals surface area (Å²) in [4.78, 5) is 23.1. The van der Waals surface area contributed by atoms with Crippen molar-refractivity contribution >= 4 is 11.9 Å². The van der Waals surface area contributed by atoms with E-state index in [0.717, 1.165) is 12.8 Å². The van der Waals surface area contributed by atoms with E-state index in [9.17, 15) is 9.59 Å². The molecular weight excluding hydrogens is 254 g/mol. The van der Waals surface area contributed by atoms with Gasteiger partial charge >= 0.3 is 5.97 Å². The van der Waals surface area contributed by atoms with Crippen molar-refractivity contribution in [1.82, 2.24) is 5.32 Å². The van der Waals surface area contributed by atoms with Crippen molar-refractivity contribution in [2.45, 2.75) is 39.2 Å². The molecule has 1 aliphatic carbocycles. The van der Waals surface area contributed by atoms with Gasteiger partial charge in [0.25, 0.3) is 5.91 Å². The SMILES string of the molecule is CC1CC(C)CC(NC(=O)c2cccc(C(=O)O)c2)C1. The summed E-state index contributed by atoms with van der Waals surface area (Å²) in [6.07, 6.45) is 3.20. The van der Waals surface area contributed by atoms with Crippen molar-refractivity contribution in [3.05, 3.63) is 35.4 Å². The molecule has 20 heavy (non-hydrogen) atoms. The first-order valence-corrected chi connectivity index (χ1v) is 7.10. The third kappa shape index (κ3) is 3.59. The maximum Gasteiger partial charge on any atom is 0.335 e. The molecule has 4 nitrogen and oxygen atoms in total. The number of hydrogen-bond donors (Lipinski definition) is 2. The number of benzene rings is 1. The molecule has 0 bridgehead atoms. The van der Waals surface area contributed by atoms with Gasteiger partial charge in [0.15, 0.2) is 0 Å². The summed E-state index contributed by atoms with van der Waals surface area (Å²) in [7, 11) is 0. The average Bonchev–Trinajstić information content (AvgIpc) is 2.37. The summed E-state index contributed by atoms with van der Waals surface area (Å²) in [5, 5.41) is 12.0. The van der Waals surface area contributed by atoms with E-state index in [-0.39, 0.29) is 17.5 Å². The maximum absolute atomic E-state index is 12.2. The van der Waals surface area contributed by atoms with Crippen molar-refractivity contribution in [2.75, 3.05) is 0 Å². The number of hydrogen-bond acceptors (Lipinski definition) is 2.